The molecule has 0 unspecified atom stereocenters. The molecule has 0 rings (SSSR count). The van der Waals surface area contributed by atoms with Gasteiger partial charge in [0.15, 0.2) is 0 Å². The van der Waals surface area contributed by atoms with Crippen molar-refractivity contribution in [3.8, 4) is 0 Å². The Labute approximate surface area is 213 Å². The van der Waals surface area contributed by atoms with E-state index in [0.29, 0.717) is 52.9 Å². The molecule has 0 saturated heterocycles. The van der Waals surface area contributed by atoms with Crippen LogP contribution in [0.15, 0.2) is 0 Å². The van der Waals surface area contributed by atoms with E-state index in [1.807, 2.05) is 0 Å². The molecule has 0 atom stereocenters. The largest absolute Gasteiger partial charge is 0.379 e. The van der Waals surface area contributed by atoms with Gasteiger partial charge >= 0.3 is 0 Å². The Kier molecular flexibility index (Phi) is 32.6. The molecule has 0 aliphatic rings. The third-order valence-electron chi connectivity index (χ3n) is 6.02. The minimum absolute atomic E-state index is 0.607. The molecule has 0 spiro atoms. The summed E-state index contributed by atoms with van der Waals surface area (Å²) in [4.78, 5) is 0. The lowest BCUT2D eigenvalue weighted by Gasteiger charge is -2.08. The summed E-state index contributed by atoms with van der Waals surface area (Å²) in [5, 5.41) is 0. The number of ether oxygens (including phenoxy) is 5. The molecule has 0 bridgehead atoms. The van der Waals surface area contributed by atoms with E-state index in [9.17, 15) is 0 Å². The van der Waals surface area contributed by atoms with Crippen molar-refractivity contribution in [3.05, 3.63) is 0 Å². The van der Waals surface area contributed by atoms with E-state index in [-0.39, 0.29) is 0 Å². The van der Waals surface area contributed by atoms with Crippen LogP contribution < -0.4 is 0 Å². The predicted molar refractivity (Wildman–Crippen MR) is 144 cm³/mol. The van der Waals surface area contributed by atoms with Crippen LogP contribution in [0.5, 0.6) is 0 Å². The molecule has 0 aromatic carbocycles. The second kappa shape index (κ2) is 32.8. The van der Waals surface area contributed by atoms with Crippen LogP contribution in [0.2, 0.25) is 0 Å². The Morgan fingerprint density at radius 1 is 0.235 bits per heavy atom. The summed E-state index contributed by atoms with van der Waals surface area (Å²) in [6.07, 6.45) is 22.9. The summed E-state index contributed by atoms with van der Waals surface area (Å²) in [6, 6.07) is 0. The highest BCUT2D eigenvalue weighted by Gasteiger charge is 1.96. The summed E-state index contributed by atoms with van der Waals surface area (Å²) < 4.78 is 27.8. The maximum atomic E-state index is 5.65. The molecule has 5 nitrogen and oxygen atoms in total. The van der Waals surface area contributed by atoms with Gasteiger partial charge < -0.3 is 23.7 Å². The van der Waals surface area contributed by atoms with Crippen molar-refractivity contribution in [1.82, 2.24) is 0 Å². The van der Waals surface area contributed by atoms with Crippen molar-refractivity contribution >= 4 is 0 Å². The number of hydrogen-bond donors (Lipinski definition) is 0. The van der Waals surface area contributed by atoms with Crippen molar-refractivity contribution in [1.29, 1.82) is 0 Å². The fourth-order valence-electron chi connectivity index (χ4n) is 3.83. The van der Waals surface area contributed by atoms with Gasteiger partial charge in [0.2, 0.25) is 0 Å². The molecule has 0 aromatic rings. The third kappa shape index (κ3) is 31.8. The van der Waals surface area contributed by atoms with Gasteiger partial charge in [0.1, 0.15) is 0 Å². The Balaban J connectivity index is 2.99. The van der Waals surface area contributed by atoms with E-state index in [1.54, 1.807) is 0 Å². The van der Waals surface area contributed by atoms with E-state index in [1.165, 1.54) is 103 Å². The maximum Gasteiger partial charge on any atom is 0.0701 e. The smallest absolute Gasteiger partial charge is 0.0701 e. The first-order chi connectivity index (χ1) is 16.9. The van der Waals surface area contributed by atoms with E-state index < -0.39 is 0 Å². The molecule has 0 fully saturated rings. The molecule has 206 valence electrons. The van der Waals surface area contributed by atoms with Gasteiger partial charge in [-0.1, -0.05) is 110 Å². The summed E-state index contributed by atoms with van der Waals surface area (Å²) in [7, 11) is 0. The standard InChI is InChI=1S/C29H60O5/c1-3-5-7-9-11-12-13-14-15-17-19-21-31-23-25-33-27-29-34-28-26-32-24-22-30-20-18-16-10-8-6-4-2/h3-29H2,1-2H3. The zero-order chi connectivity index (χ0) is 24.6. The van der Waals surface area contributed by atoms with E-state index in [2.05, 4.69) is 13.8 Å². The van der Waals surface area contributed by atoms with Crippen LogP contribution in [0.1, 0.15) is 123 Å². The van der Waals surface area contributed by atoms with Crippen LogP contribution in [-0.4, -0.2) is 66.1 Å². The van der Waals surface area contributed by atoms with E-state index >= 15 is 0 Å². The van der Waals surface area contributed by atoms with Gasteiger partial charge in [-0.2, -0.15) is 0 Å². The molecule has 34 heavy (non-hydrogen) atoms. The zero-order valence-corrected chi connectivity index (χ0v) is 23.1. The molecule has 5 heteroatoms. The second-order valence-electron chi connectivity index (χ2n) is 9.37. The molecule has 0 N–H and O–H groups in total. The van der Waals surface area contributed by atoms with Crippen LogP contribution >= 0.6 is 0 Å². The summed E-state index contributed by atoms with van der Waals surface area (Å²) >= 11 is 0. The highest BCUT2D eigenvalue weighted by atomic mass is 16.6. The first kappa shape index (κ1) is 33.8. The topological polar surface area (TPSA) is 46.2 Å². The molecule has 0 aromatic heterocycles. The average molecular weight is 489 g/mol. The van der Waals surface area contributed by atoms with Crippen LogP contribution in [0.25, 0.3) is 0 Å². The Hall–Kier alpha value is -0.200. The van der Waals surface area contributed by atoms with Crippen molar-refractivity contribution in [2.75, 3.05) is 66.1 Å². The van der Waals surface area contributed by atoms with Gasteiger partial charge in [-0.25, -0.2) is 0 Å². The molecular formula is C29H60O5. The van der Waals surface area contributed by atoms with Gasteiger partial charge in [0, 0.05) is 13.2 Å². The monoisotopic (exact) mass is 488 g/mol. The lowest BCUT2D eigenvalue weighted by Crippen LogP contribution is -2.13. The first-order valence-electron chi connectivity index (χ1n) is 14.8. The molecule has 0 amide bonds. The molecule has 0 aliphatic carbocycles. The lowest BCUT2D eigenvalue weighted by molar-refractivity contribution is -0.0114. The summed E-state index contributed by atoms with van der Waals surface area (Å²) in [5.41, 5.74) is 0. The van der Waals surface area contributed by atoms with Gasteiger partial charge in [0.25, 0.3) is 0 Å². The second-order valence-corrected chi connectivity index (χ2v) is 9.37. The highest BCUT2D eigenvalue weighted by Crippen LogP contribution is 2.11. The fraction of sp³-hybridized carbons (Fsp3) is 1.00. The molecule has 0 aliphatic heterocycles. The Morgan fingerprint density at radius 3 is 0.706 bits per heavy atom. The molecule has 0 radical (unpaired) electrons. The molecule has 0 saturated carbocycles. The minimum Gasteiger partial charge on any atom is -0.379 e. The molecule has 0 heterocycles. The van der Waals surface area contributed by atoms with Crippen LogP contribution in [-0.2, 0) is 23.7 Å². The summed E-state index contributed by atoms with van der Waals surface area (Å²) in [5.74, 6) is 0. The number of rotatable bonds is 31. The lowest BCUT2D eigenvalue weighted by atomic mass is 10.1. The van der Waals surface area contributed by atoms with Crippen LogP contribution in [0.4, 0.5) is 0 Å². The van der Waals surface area contributed by atoms with Gasteiger partial charge in [-0.05, 0) is 12.8 Å². The Morgan fingerprint density at radius 2 is 0.441 bits per heavy atom. The SMILES string of the molecule is CCCCCCCCCCCCCOCCOCCOCCOCCOCCCCCCCC. The summed E-state index contributed by atoms with van der Waals surface area (Å²) in [6.45, 7) is 11.3. The number of unbranched alkanes of at least 4 members (excludes halogenated alkanes) is 15. The van der Waals surface area contributed by atoms with Crippen molar-refractivity contribution in [2.45, 2.75) is 123 Å². The quantitative estimate of drug-likeness (QED) is 0.0934. The van der Waals surface area contributed by atoms with E-state index in [4.69, 9.17) is 23.7 Å². The highest BCUT2D eigenvalue weighted by molar-refractivity contribution is 4.48. The minimum atomic E-state index is 0.607. The van der Waals surface area contributed by atoms with Crippen molar-refractivity contribution < 1.29 is 23.7 Å². The third-order valence-corrected chi connectivity index (χ3v) is 6.02. The van der Waals surface area contributed by atoms with Crippen molar-refractivity contribution in [3.63, 3.8) is 0 Å². The van der Waals surface area contributed by atoms with Crippen molar-refractivity contribution in [2.24, 2.45) is 0 Å². The maximum absolute atomic E-state index is 5.65. The van der Waals surface area contributed by atoms with Crippen LogP contribution in [0, 0.1) is 0 Å². The molecular weight excluding hydrogens is 428 g/mol. The van der Waals surface area contributed by atoms with Gasteiger partial charge in [-0.15, -0.1) is 0 Å². The van der Waals surface area contributed by atoms with Crippen LogP contribution in [0.3, 0.4) is 0 Å². The van der Waals surface area contributed by atoms with Gasteiger partial charge in [0.05, 0.1) is 52.9 Å². The van der Waals surface area contributed by atoms with Gasteiger partial charge in [-0.3, -0.25) is 0 Å². The van der Waals surface area contributed by atoms with E-state index in [0.717, 1.165) is 19.6 Å². The first-order valence-corrected chi connectivity index (χ1v) is 14.8. The normalized spacial score (nSPS) is 11.5. The number of hydrogen-bond acceptors (Lipinski definition) is 5. The fourth-order valence-corrected chi connectivity index (χ4v) is 3.83. The Bertz CT molecular complexity index is 308. The predicted octanol–water partition coefficient (Wildman–Crippen LogP) is 7.74. The average Bonchev–Trinajstić information content (AvgIpc) is 2.85. The zero-order valence-electron chi connectivity index (χ0n) is 23.1.